The van der Waals surface area contributed by atoms with E-state index in [0.717, 1.165) is 35.7 Å². The molecule has 3 heterocycles. The van der Waals surface area contributed by atoms with E-state index in [-0.39, 0.29) is 5.91 Å². The van der Waals surface area contributed by atoms with Crippen molar-refractivity contribution in [2.45, 2.75) is 13.3 Å². The molecule has 23 heavy (non-hydrogen) atoms. The van der Waals surface area contributed by atoms with Crippen LogP contribution in [-0.2, 0) is 6.42 Å². The Labute approximate surface area is 136 Å². The van der Waals surface area contributed by atoms with E-state index >= 15 is 0 Å². The highest BCUT2D eigenvalue weighted by molar-refractivity contribution is 7.13. The first-order valence-corrected chi connectivity index (χ1v) is 8.12. The number of hydrogen-bond acceptors (Lipinski definition) is 5. The van der Waals surface area contributed by atoms with Crippen molar-refractivity contribution in [1.29, 1.82) is 0 Å². The van der Waals surface area contributed by atoms with Gasteiger partial charge in [0.15, 0.2) is 5.13 Å². The number of carbonyl (C=O) groups is 1. The number of carbonyl (C=O) groups excluding carboxylic acids is 1. The highest BCUT2D eigenvalue weighted by Gasteiger charge is 2.16. The fourth-order valence-electron chi connectivity index (χ4n) is 2.51. The maximum Gasteiger partial charge on any atom is 0.275 e. The van der Waals surface area contributed by atoms with Gasteiger partial charge in [0.1, 0.15) is 11.4 Å². The number of H-pyrrole nitrogens is 1. The maximum atomic E-state index is 12.2. The third-order valence-corrected chi connectivity index (χ3v) is 4.52. The summed E-state index contributed by atoms with van der Waals surface area (Å²) in [6.45, 7) is 2.61. The van der Waals surface area contributed by atoms with Gasteiger partial charge in [-0.2, -0.15) is 5.10 Å². The molecule has 0 saturated carbocycles. The lowest BCUT2D eigenvalue weighted by Gasteiger charge is -2.00. The molecule has 1 aliphatic rings. The van der Waals surface area contributed by atoms with Gasteiger partial charge in [-0.3, -0.25) is 15.2 Å². The molecule has 2 N–H and O–H groups in total. The van der Waals surface area contributed by atoms with E-state index in [1.165, 1.54) is 16.9 Å². The summed E-state index contributed by atoms with van der Waals surface area (Å²) < 4.78 is 5.50. The van der Waals surface area contributed by atoms with E-state index in [1.807, 2.05) is 24.4 Å². The number of rotatable bonds is 3. The minimum absolute atomic E-state index is 0.248. The number of fused-ring (bicyclic) bond motifs is 1. The largest absolute Gasteiger partial charge is 0.493 e. The molecule has 0 atom stereocenters. The van der Waals surface area contributed by atoms with Gasteiger partial charge in [0, 0.05) is 17.4 Å². The Hall–Kier alpha value is -2.67. The summed E-state index contributed by atoms with van der Waals surface area (Å²) in [5.74, 6) is 0.684. The second-order valence-corrected chi connectivity index (χ2v) is 6.19. The zero-order valence-electron chi connectivity index (χ0n) is 12.4. The van der Waals surface area contributed by atoms with Crippen LogP contribution in [0.2, 0.25) is 0 Å². The zero-order valence-corrected chi connectivity index (χ0v) is 13.2. The van der Waals surface area contributed by atoms with Crippen LogP contribution in [0.5, 0.6) is 5.75 Å². The Kier molecular flexibility index (Phi) is 3.34. The lowest BCUT2D eigenvalue weighted by Crippen LogP contribution is -2.12. The number of nitrogens with zero attached hydrogens (tertiary/aromatic N) is 2. The summed E-state index contributed by atoms with van der Waals surface area (Å²) in [4.78, 5) is 16.4. The smallest absolute Gasteiger partial charge is 0.275 e. The second kappa shape index (κ2) is 5.51. The number of thiazole rings is 1. The molecule has 0 radical (unpaired) electrons. The maximum absolute atomic E-state index is 12.2. The Morgan fingerprint density at radius 2 is 2.30 bits per heavy atom. The summed E-state index contributed by atoms with van der Waals surface area (Å²) in [6.07, 6.45) is 0.907. The Balaban J connectivity index is 1.55. The summed E-state index contributed by atoms with van der Waals surface area (Å²) in [5, 5.41) is 12.3. The molecule has 1 aliphatic heterocycles. The monoisotopic (exact) mass is 326 g/mol. The molecule has 4 rings (SSSR count). The first kappa shape index (κ1) is 14.0. The molecule has 7 heteroatoms. The molecule has 1 amide bonds. The zero-order chi connectivity index (χ0) is 15.8. The van der Waals surface area contributed by atoms with Crippen molar-refractivity contribution in [1.82, 2.24) is 15.2 Å². The highest BCUT2D eigenvalue weighted by atomic mass is 32.1. The van der Waals surface area contributed by atoms with E-state index in [0.29, 0.717) is 10.8 Å². The molecule has 0 bridgehead atoms. The second-order valence-electron chi connectivity index (χ2n) is 5.34. The minimum Gasteiger partial charge on any atom is -0.493 e. The van der Waals surface area contributed by atoms with Crippen LogP contribution in [0.4, 0.5) is 5.13 Å². The number of aromatic nitrogens is 3. The van der Waals surface area contributed by atoms with Crippen molar-refractivity contribution in [2.75, 3.05) is 11.9 Å². The molecular formula is C16H14N4O2S. The van der Waals surface area contributed by atoms with Crippen molar-refractivity contribution in [3.63, 3.8) is 0 Å². The van der Waals surface area contributed by atoms with Gasteiger partial charge in [0.25, 0.3) is 5.91 Å². The molecule has 3 aromatic rings. The van der Waals surface area contributed by atoms with Gasteiger partial charge in [-0.05, 0) is 36.8 Å². The predicted molar refractivity (Wildman–Crippen MR) is 88.0 cm³/mol. The first-order valence-electron chi connectivity index (χ1n) is 7.24. The van der Waals surface area contributed by atoms with Crippen molar-refractivity contribution in [3.8, 4) is 17.0 Å². The van der Waals surface area contributed by atoms with Crippen molar-refractivity contribution in [3.05, 3.63) is 46.6 Å². The molecule has 0 fully saturated rings. The quantitative estimate of drug-likeness (QED) is 0.775. The molecule has 2 aromatic heterocycles. The Morgan fingerprint density at radius 1 is 1.39 bits per heavy atom. The third kappa shape index (κ3) is 2.70. The molecule has 116 valence electrons. The molecule has 6 nitrogen and oxygen atoms in total. The number of aromatic amines is 1. The molecule has 0 spiro atoms. The number of nitrogens with one attached hydrogen (secondary N) is 2. The van der Waals surface area contributed by atoms with Gasteiger partial charge in [-0.1, -0.05) is 0 Å². The van der Waals surface area contributed by atoms with Crippen LogP contribution in [0, 0.1) is 6.92 Å². The van der Waals surface area contributed by atoms with E-state index in [4.69, 9.17) is 4.74 Å². The molecule has 0 aliphatic carbocycles. The summed E-state index contributed by atoms with van der Waals surface area (Å²) in [6, 6.07) is 7.70. The van der Waals surface area contributed by atoms with Crippen molar-refractivity contribution in [2.24, 2.45) is 0 Å². The molecule has 1 aromatic carbocycles. The van der Waals surface area contributed by atoms with Crippen LogP contribution in [0.15, 0.2) is 29.6 Å². The van der Waals surface area contributed by atoms with Gasteiger partial charge < -0.3 is 4.74 Å². The van der Waals surface area contributed by atoms with Crippen LogP contribution in [0.1, 0.15) is 21.7 Å². The van der Waals surface area contributed by atoms with E-state index in [1.54, 1.807) is 6.07 Å². The lowest BCUT2D eigenvalue weighted by molar-refractivity contribution is 0.102. The average molecular weight is 326 g/mol. The third-order valence-electron chi connectivity index (χ3n) is 3.65. The van der Waals surface area contributed by atoms with Crippen LogP contribution >= 0.6 is 11.3 Å². The van der Waals surface area contributed by atoms with E-state index in [2.05, 4.69) is 26.6 Å². The topological polar surface area (TPSA) is 79.9 Å². The van der Waals surface area contributed by atoms with Gasteiger partial charge in [0.05, 0.1) is 18.0 Å². The SMILES string of the molecule is Cc1csc(NC(=O)c2cc(-c3ccc4c(c3)CCO4)n[nH]2)n1. The van der Waals surface area contributed by atoms with Gasteiger partial charge in [0.2, 0.25) is 0 Å². The fraction of sp³-hybridized carbons (Fsp3) is 0.188. The molecule has 0 unspecified atom stereocenters. The minimum atomic E-state index is -0.248. The van der Waals surface area contributed by atoms with Gasteiger partial charge in [-0.25, -0.2) is 4.98 Å². The number of anilines is 1. The molecule has 0 saturated heterocycles. The van der Waals surface area contributed by atoms with Gasteiger partial charge >= 0.3 is 0 Å². The Bertz CT molecular complexity index is 884. The average Bonchev–Trinajstić information content (AvgIpc) is 3.26. The van der Waals surface area contributed by atoms with Crippen LogP contribution in [0.3, 0.4) is 0 Å². The van der Waals surface area contributed by atoms with E-state index < -0.39 is 0 Å². The molecular weight excluding hydrogens is 312 g/mol. The number of amides is 1. The van der Waals surface area contributed by atoms with Crippen LogP contribution < -0.4 is 10.1 Å². The highest BCUT2D eigenvalue weighted by Crippen LogP contribution is 2.30. The Morgan fingerprint density at radius 3 is 3.13 bits per heavy atom. The van der Waals surface area contributed by atoms with Crippen LogP contribution in [0.25, 0.3) is 11.3 Å². The van der Waals surface area contributed by atoms with Crippen LogP contribution in [-0.4, -0.2) is 27.7 Å². The predicted octanol–water partition coefficient (Wildman–Crippen LogP) is 3.03. The van der Waals surface area contributed by atoms with Gasteiger partial charge in [-0.15, -0.1) is 11.3 Å². The van der Waals surface area contributed by atoms with Crippen molar-refractivity contribution < 1.29 is 9.53 Å². The summed E-state index contributed by atoms with van der Waals surface area (Å²) >= 11 is 1.40. The number of benzene rings is 1. The summed E-state index contributed by atoms with van der Waals surface area (Å²) in [5.41, 5.74) is 4.17. The summed E-state index contributed by atoms with van der Waals surface area (Å²) in [7, 11) is 0. The normalized spacial score (nSPS) is 12.7. The fourth-order valence-corrected chi connectivity index (χ4v) is 3.19. The first-order chi connectivity index (χ1) is 11.2. The number of ether oxygens (including phenoxy) is 1. The standard InChI is InChI=1S/C16H14N4O2S/c1-9-8-23-16(17-9)18-15(21)13-7-12(19-20-13)10-2-3-14-11(6-10)4-5-22-14/h2-3,6-8H,4-5H2,1H3,(H,19,20)(H,17,18,21). The lowest BCUT2D eigenvalue weighted by atomic mass is 10.1. The number of hydrogen-bond donors (Lipinski definition) is 2. The van der Waals surface area contributed by atoms with Crippen molar-refractivity contribution >= 4 is 22.4 Å². The number of aryl methyl sites for hydroxylation is 1. The van der Waals surface area contributed by atoms with E-state index in [9.17, 15) is 4.79 Å².